The van der Waals surface area contributed by atoms with Crippen LogP contribution in [0.25, 0.3) is 0 Å². The lowest BCUT2D eigenvalue weighted by Crippen LogP contribution is -2.52. The summed E-state index contributed by atoms with van der Waals surface area (Å²) in [5.74, 6) is 0.237. The molecule has 4 heteroatoms. The van der Waals surface area contributed by atoms with E-state index in [0.29, 0.717) is 12.5 Å². The number of hydrogen-bond acceptors (Lipinski definition) is 2. The first-order valence-electron chi connectivity index (χ1n) is 5.91. The molecule has 1 saturated heterocycles. The SMILES string of the molecule is C[C@H]1CNCCN1C(=O)Cc1cccc(I)c1. The minimum Gasteiger partial charge on any atom is -0.337 e. The molecular formula is C13H17IN2O. The van der Waals surface area contributed by atoms with Gasteiger partial charge in [0, 0.05) is 29.2 Å². The van der Waals surface area contributed by atoms with Crippen LogP contribution < -0.4 is 5.32 Å². The molecule has 1 heterocycles. The number of piperazine rings is 1. The number of nitrogens with one attached hydrogen (secondary N) is 1. The van der Waals surface area contributed by atoms with Gasteiger partial charge in [-0.25, -0.2) is 0 Å². The van der Waals surface area contributed by atoms with Gasteiger partial charge in [-0.3, -0.25) is 4.79 Å². The Balaban J connectivity index is 2.01. The molecule has 1 fully saturated rings. The summed E-state index contributed by atoms with van der Waals surface area (Å²) in [6.45, 7) is 4.73. The van der Waals surface area contributed by atoms with E-state index >= 15 is 0 Å². The third-order valence-corrected chi connectivity index (χ3v) is 3.74. The first-order chi connectivity index (χ1) is 8.16. The lowest BCUT2D eigenvalue weighted by molar-refractivity contribution is -0.133. The maximum Gasteiger partial charge on any atom is 0.227 e. The number of nitrogens with zero attached hydrogens (tertiary/aromatic N) is 1. The smallest absolute Gasteiger partial charge is 0.227 e. The summed E-state index contributed by atoms with van der Waals surface area (Å²) in [5, 5.41) is 3.30. The maximum atomic E-state index is 12.2. The van der Waals surface area contributed by atoms with Gasteiger partial charge >= 0.3 is 0 Å². The van der Waals surface area contributed by atoms with Gasteiger partial charge < -0.3 is 10.2 Å². The molecule has 92 valence electrons. The van der Waals surface area contributed by atoms with Crippen LogP contribution in [0.3, 0.4) is 0 Å². The first kappa shape index (κ1) is 12.8. The molecule has 0 saturated carbocycles. The van der Waals surface area contributed by atoms with E-state index in [2.05, 4.69) is 40.9 Å². The minimum atomic E-state index is 0.237. The number of amides is 1. The highest BCUT2D eigenvalue weighted by molar-refractivity contribution is 14.1. The van der Waals surface area contributed by atoms with Gasteiger partial charge in [-0.15, -0.1) is 0 Å². The van der Waals surface area contributed by atoms with Crippen LogP contribution in [0, 0.1) is 3.57 Å². The second-order valence-electron chi connectivity index (χ2n) is 4.45. The number of halogens is 1. The fourth-order valence-electron chi connectivity index (χ4n) is 2.13. The third kappa shape index (κ3) is 3.42. The van der Waals surface area contributed by atoms with Gasteiger partial charge in [0.2, 0.25) is 5.91 Å². The molecule has 17 heavy (non-hydrogen) atoms. The van der Waals surface area contributed by atoms with Gasteiger partial charge in [0.1, 0.15) is 0 Å². The summed E-state index contributed by atoms with van der Waals surface area (Å²) < 4.78 is 1.18. The summed E-state index contributed by atoms with van der Waals surface area (Å²) in [6, 6.07) is 8.45. The molecule has 1 N–H and O–H groups in total. The Labute approximate surface area is 116 Å². The van der Waals surface area contributed by atoms with Crippen molar-refractivity contribution in [2.24, 2.45) is 0 Å². The molecule has 3 nitrogen and oxygen atoms in total. The van der Waals surface area contributed by atoms with Gasteiger partial charge in [-0.05, 0) is 47.2 Å². The highest BCUT2D eigenvalue weighted by Gasteiger charge is 2.22. The minimum absolute atomic E-state index is 0.237. The topological polar surface area (TPSA) is 32.3 Å². The zero-order valence-electron chi connectivity index (χ0n) is 9.95. The Morgan fingerprint density at radius 3 is 3.12 bits per heavy atom. The third-order valence-electron chi connectivity index (χ3n) is 3.07. The monoisotopic (exact) mass is 344 g/mol. The van der Waals surface area contributed by atoms with Crippen molar-refractivity contribution in [3.05, 3.63) is 33.4 Å². The molecule has 0 bridgehead atoms. The van der Waals surface area contributed by atoms with Crippen molar-refractivity contribution in [2.45, 2.75) is 19.4 Å². The van der Waals surface area contributed by atoms with Crippen LogP contribution in [-0.2, 0) is 11.2 Å². The number of hydrogen-bond donors (Lipinski definition) is 1. The predicted molar refractivity (Wildman–Crippen MR) is 76.9 cm³/mol. The maximum absolute atomic E-state index is 12.2. The van der Waals surface area contributed by atoms with Crippen molar-refractivity contribution in [3.8, 4) is 0 Å². The van der Waals surface area contributed by atoms with E-state index in [9.17, 15) is 4.79 Å². The van der Waals surface area contributed by atoms with Crippen molar-refractivity contribution in [2.75, 3.05) is 19.6 Å². The Morgan fingerprint density at radius 2 is 2.41 bits per heavy atom. The number of benzene rings is 1. The lowest BCUT2D eigenvalue weighted by atomic mass is 10.1. The number of carbonyl (C=O) groups is 1. The molecular weight excluding hydrogens is 327 g/mol. The Bertz CT molecular complexity index is 408. The number of rotatable bonds is 2. The Kier molecular flexibility index (Phi) is 4.39. The summed E-state index contributed by atoms with van der Waals surface area (Å²) in [4.78, 5) is 14.2. The fourth-order valence-corrected chi connectivity index (χ4v) is 2.74. The number of carbonyl (C=O) groups excluding carboxylic acids is 1. The second kappa shape index (κ2) is 5.82. The van der Waals surface area contributed by atoms with E-state index in [1.807, 2.05) is 23.1 Å². The summed E-state index contributed by atoms with van der Waals surface area (Å²) in [6.07, 6.45) is 0.515. The van der Waals surface area contributed by atoms with Crippen molar-refractivity contribution < 1.29 is 4.79 Å². The molecule has 1 amide bonds. The molecule has 1 atom stereocenters. The highest BCUT2D eigenvalue weighted by atomic mass is 127. The summed E-state index contributed by atoms with van der Waals surface area (Å²) in [7, 11) is 0. The zero-order valence-corrected chi connectivity index (χ0v) is 12.1. The average Bonchev–Trinajstić information content (AvgIpc) is 2.29. The van der Waals surface area contributed by atoms with Gasteiger partial charge in [0.25, 0.3) is 0 Å². The largest absolute Gasteiger partial charge is 0.337 e. The average molecular weight is 344 g/mol. The van der Waals surface area contributed by atoms with Crippen molar-refractivity contribution >= 4 is 28.5 Å². The van der Waals surface area contributed by atoms with Gasteiger partial charge in [-0.2, -0.15) is 0 Å². The molecule has 1 aromatic rings. The van der Waals surface area contributed by atoms with Crippen LogP contribution in [0.1, 0.15) is 12.5 Å². The lowest BCUT2D eigenvalue weighted by Gasteiger charge is -2.34. The van der Waals surface area contributed by atoms with E-state index in [-0.39, 0.29) is 5.91 Å². The zero-order chi connectivity index (χ0) is 12.3. The van der Waals surface area contributed by atoms with Gasteiger partial charge in [0.05, 0.1) is 6.42 Å². The first-order valence-corrected chi connectivity index (χ1v) is 6.99. The van der Waals surface area contributed by atoms with E-state index in [4.69, 9.17) is 0 Å². The molecule has 0 radical (unpaired) electrons. The standard InChI is InChI=1S/C13H17IN2O/c1-10-9-15-5-6-16(10)13(17)8-11-3-2-4-12(14)7-11/h2-4,7,10,15H,5-6,8-9H2,1H3/t10-/m0/s1. The van der Waals surface area contributed by atoms with E-state index in [1.165, 1.54) is 3.57 Å². The summed E-state index contributed by atoms with van der Waals surface area (Å²) in [5.41, 5.74) is 1.10. The molecule has 2 rings (SSSR count). The molecule has 0 aromatic heterocycles. The van der Waals surface area contributed by atoms with Crippen LogP contribution in [-0.4, -0.2) is 36.5 Å². The van der Waals surface area contributed by atoms with Crippen LogP contribution in [0.2, 0.25) is 0 Å². The molecule has 1 aliphatic heterocycles. The normalized spacial score (nSPS) is 20.4. The predicted octanol–water partition coefficient (Wildman–Crippen LogP) is 1.65. The van der Waals surface area contributed by atoms with E-state index < -0.39 is 0 Å². The van der Waals surface area contributed by atoms with Crippen LogP contribution in [0.15, 0.2) is 24.3 Å². The molecule has 1 aliphatic rings. The van der Waals surface area contributed by atoms with Crippen molar-refractivity contribution in [1.82, 2.24) is 10.2 Å². The van der Waals surface area contributed by atoms with Gasteiger partial charge in [0.15, 0.2) is 0 Å². The van der Waals surface area contributed by atoms with Crippen LogP contribution >= 0.6 is 22.6 Å². The Hall–Kier alpha value is -0.620. The van der Waals surface area contributed by atoms with E-state index in [0.717, 1.165) is 25.2 Å². The second-order valence-corrected chi connectivity index (χ2v) is 5.69. The van der Waals surface area contributed by atoms with Crippen molar-refractivity contribution in [3.63, 3.8) is 0 Å². The molecule has 0 spiro atoms. The summed E-state index contributed by atoms with van der Waals surface area (Å²) >= 11 is 2.28. The fraction of sp³-hybridized carbons (Fsp3) is 0.462. The molecule has 0 aliphatic carbocycles. The van der Waals surface area contributed by atoms with Crippen molar-refractivity contribution in [1.29, 1.82) is 0 Å². The highest BCUT2D eigenvalue weighted by Crippen LogP contribution is 2.11. The van der Waals surface area contributed by atoms with Crippen LogP contribution in [0.4, 0.5) is 0 Å². The van der Waals surface area contributed by atoms with E-state index in [1.54, 1.807) is 0 Å². The Morgan fingerprint density at radius 1 is 1.59 bits per heavy atom. The molecule has 1 aromatic carbocycles. The van der Waals surface area contributed by atoms with Crippen LogP contribution in [0.5, 0.6) is 0 Å². The van der Waals surface area contributed by atoms with Gasteiger partial charge in [-0.1, -0.05) is 12.1 Å². The quantitative estimate of drug-likeness (QED) is 0.828. The molecule has 0 unspecified atom stereocenters.